The summed E-state index contributed by atoms with van der Waals surface area (Å²) in [7, 11) is 1.30. The highest BCUT2D eigenvalue weighted by Gasteiger charge is 2.32. The smallest absolute Gasteiger partial charge is 0.354 e. The second-order valence-corrected chi connectivity index (χ2v) is 6.69. The van der Waals surface area contributed by atoms with Gasteiger partial charge in [0.15, 0.2) is 5.78 Å². The number of aryl methyl sites for hydroxylation is 1. The molecule has 0 bridgehead atoms. The van der Waals surface area contributed by atoms with E-state index in [1.54, 1.807) is 32.6 Å². The van der Waals surface area contributed by atoms with Crippen LogP contribution in [0.15, 0.2) is 0 Å². The number of aromatic amines is 1. The van der Waals surface area contributed by atoms with Crippen LogP contribution in [0.1, 0.15) is 65.2 Å². The molecular weight excluding hydrogens is 336 g/mol. The number of esters is 1. The molecule has 1 aromatic rings. The Bertz CT molecular complexity index is 688. The van der Waals surface area contributed by atoms with E-state index in [2.05, 4.69) is 4.98 Å². The molecule has 0 saturated carbocycles. The highest BCUT2D eigenvalue weighted by molar-refractivity contribution is 6.06. The largest absolute Gasteiger partial charge is 0.464 e. The van der Waals surface area contributed by atoms with Crippen LogP contribution in [0.4, 0.5) is 0 Å². The Morgan fingerprint density at radius 2 is 2.04 bits per heavy atom. The van der Waals surface area contributed by atoms with Gasteiger partial charge in [-0.25, -0.2) is 4.79 Å². The highest BCUT2D eigenvalue weighted by Crippen LogP contribution is 2.23. The minimum absolute atomic E-state index is 0.0280. The molecule has 7 heteroatoms. The quantitative estimate of drug-likeness (QED) is 0.593. The number of methoxy groups -OCH3 is 1. The van der Waals surface area contributed by atoms with Crippen molar-refractivity contribution in [3.8, 4) is 0 Å². The Hall–Kier alpha value is -2.15. The number of H-pyrrole nitrogens is 1. The monoisotopic (exact) mass is 364 g/mol. The first kappa shape index (κ1) is 20.2. The molecule has 2 rings (SSSR count). The predicted octanol–water partition coefficient (Wildman–Crippen LogP) is 2.41. The number of carbonyl (C=O) groups is 3. The van der Waals surface area contributed by atoms with Crippen molar-refractivity contribution in [3.63, 3.8) is 0 Å². The summed E-state index contributed by atoms with van der Waals surface area (Å²) in [5, 5.41) is 0. The lowest BCUT2D eigenvalue weighted by molar-refractivity contribution is -0.133. The van der Waals surface area contributed by atoms with Crippen molar-refractivity contribution < 1.29 is 23.9 Å². The zero-order valence-corrected chi connectivity index (χ0v) is 16.2. The third kappa shape index (κ3) is 3.98. The molecule has 0 spiro atoms. The molecule has 1 aromatic heterocycles. The molecule has 0 radical (unpaired) electrons. The van der Waals surface area contributed by atoms with Crippen molar-refractivity contribution in [1.29, 1.82) is 0 Å². The average molecular weight is 364 g/mol. The molecule has 0 unspecified atom stereocenters. The third-order valence-electron chi connectivity index (χ3n) is 4.97. The van der Waals surface area contributed by atoms with E-state index in [9.17, 15) is 14.4 Å². The number of nitrogens with zero attached hydrogens (tertiary/aromatic N) is 1. The van der Waals surface area contributed by atoms with Crippen LogP contribution < -0.4 is 0 Å². The minimum atomic E-state index is -0.634. The van der Waals surface area contributed by atoms with E-state index in [1.165, 1.54) is 7.11 Å². The first-order chi connectivity index (χ1) is 12.3. The molecule has 7 nitrogen and oxygen atoms in total. The first-order valence-corrected chi connectivity index (χ1v) is 9.04. The zero-order valence-electron chi connectivity index (χ0n) is 16.2. The number of ketones is 1. The summed E-state index contributed by atoms with van der Waals surface area (Å²) in [5.41, 5.74) is 1.86. The number of aromatic nitrogens is 1. The number of hydrogen-bond acceptors (Lipinski definition) is 5. The van der Waals surface area contributed by atoms with Crippen molar-refractivity contribution in [2.45, 2.75) is 59.1 Å². The van der Waals surface area contributed by atoms with Crippen molar-refractivity contribution >= 4 is 17.7 Å². The predicted molar refractivity (Wildman–Crippen MR) is 96.4 cm³/mol. The van der Waals surface area contributed by atoms with Gasteiger partial charge in [-0.15, -0.1) is 0 Å². The fraction of sp³-hybridized carbons (Fsp3) is 0.632. The number of amides is 1. The third-order valence-corrected chi connectivity index (χ3v) is 4.97. The molecule has 1 aliphatic rings. The topological polar surface area (TPSA) is 88.7 Å². The molecule has 2 atom stereocenters. The molecule has 1 aliphatic heterocycles. The van der Waals surface area contributed by atoms with Crippen LogP contribution in [0.3, 0.4) is 0 Å². The second-order valence-electron chi connectivity index (χ2n) is 6.69. The van der Waals surface area contributed by atoms with Crippen LogP contribution in [0.5, 0.6) is 0 Å². The molecular formula is C19H28N2O5. The zero-order chi connectivity index (χ0) is 19.4. The van der Waals surface area contributed by atoms with E-state index in [0.29, 0.717) is 36.4 Å². The van der Waals surface area contributed by atoms with Crippen molar-refractivity contribution in [2.75, 3.05) is 20.3 Å². The Balaban J connectivity index is 2.29. The number of rotatable bonds is 7. The molecule has 144 valence electrons. The van der Waals surface area contributed by atoms with Gasteiger partial charge in [-0.3, -0.25) is 9.59 Å². The Morgan fingerprint density at radius 3 is 2.58 bits per heavy atom. The maximum atomic E-state index is 13.1. The van der Waals surface area contributed by atoms with E-state index in [-0.39, 0.29) is 23.5 Å². The van der Waals surface area contributed by atoms with Gasteiger partial charge in [0.1, 0.15) is 5.69 Å². The van der Waals surface area contributed by atoms with Crippen LogP contribution in [0, 0.1) is 13.8 Å². The summed E-state index contributed by atoms with van der Waals surface area (Å²) in [4.78, 5) is 42.0. The van der Waals surface area contributed by atoms with Crippen LogP contribution in [0.25, 0.3) is 0 Å². The van der Waals surface area contributed by atoms with Gasteiger partial charge in [0, 0.05) is 30.8 Å². The van der Waals surface area contributed by atoms with Gasteiger partial charge >= 0.3 is 5.97 Å². The first-order valence-electron chi connectivity index (χ1n) is 9.04. The van der Waals surface area contributed by atoms with Gasteiger partial charge in [-0.1, -0.05) is 6.92 Å². The van der Waals surface area contributed by atoms with E-state index >= 15 is 0 Å². The summed E-state index contributed by atoms with van der Waals surface area (Å²) in [5.74, 6) is -0.787. The van der Waals surface area contributed by atoms with Gasteiger partial charge in [0.25, 0.3) is 0 Å². The van der Waals surface area contributed by atoms with E-state index in [4.69, 9.17) is 9.47 Å². The fourth-order valence-electron chi connectivity index (χ4n) is 3.46. The van der Waals surface area contributed by atoms with Gasteiger partial charge < -0.3 is 19.4 Å². The van der Waals surface area contributed by atoms with Crippen LogP contribution >= 0.6 is 0 Å². The second kappa shape index (κ2) is 8.49. The number of Topliss-reactive ketones (excluding diaryl/α,β-unsaturated/α-hetero) is 1. The van der Waals surface area contributed by atoms with Crippen molar-refractivity contribution in [1.82, 2.24) is 9.88 Å². The van der Waals surface area contributed by atoms with Crippen LogP contribution in [-0.4, -0.2) is 60.0 Å². The summed E-state index contributed by atoms with van der Waals surface area (Å²) in [6.45, 7) is 8.07. The maximum absolute atomic E-state index is 13.1. The Labute approximate surface area is 154 Å². The van der Waals surface area contributed by atoms with Crippen LogP contribution in [0.2, 0.25) is 0 Å². The molecule has 1 N–H and O–H groups in total. The number of hydrogen-bond donors (Lipinski definition) is 1. The van der Waals surface area contributed by atoms with E-state index < -0.39 is 12.0 Å². The summed E-state index contributed by atoms with van der Waals surface area (Å²) in [6.07, 6.45) is 2.16. The SMILES string of the molecule is CCC(=O)N(C[C@H]1CCCO1)[C@@H](C)C(=O)c1c(C)[nH]c(C(=O)OC)c1C. The molecule has 26 heavy (non-hydrogen) atoms. The van der Waals surface area contributed by atoms with E-state index in [1.807, 2.05) is 0 Å². The molecule has 0 aliphatic carbocycles. The lowest BCUT2D eigenvalue weighted by Gasteiger charge is -2.30. The molecule has 1 amide bonds. The minimum Gasteiger partial charge on any atom is -0.464 e. The Kier molecular flexibility index (Phi) is 6.58. The van der Waals surface area contributed by atoms with Crippen molar-refractivity contribution in [2.24, 2.45) is 0 Å². The normalized spacial score (nSPS) is 17.8. The number of nitrogens with one attached hydrogen (secondary N) is 1. The van der Waals surface area contributed by atoms with Gasteiger partial charge in [0.05, 0.1) is 19.3 Å². The molecule has 1 fully saturated rings. The van der Waals surface area contributed by atoms with Crippen molar-refractivity contribution in [3.05, 3.63) is 22.5 Å². The summed E-state index contributed by atoms with van der Waals surface area (Å²) in [6, 6.07) is -0.634. The van der Waals surface area contributed by atoms with Crippen LogP contribution in [-0.2, 0) is 14.3 Å². The maximum Gasteiger partial charge on any atom is 0.354 e. The standard InChI is InChI=1S/C19H28N2O5/c1-6-15(22)21(10-14-8-7-9-26-14)13(4)18(23)16-11(2)17(19(24)25-5)20-12(16)3/h13-14,20H,6-10H2,1-5H3/t13-,14+/m0/s1. The average Bonchev–Trinajstić information content (AvgIpc) is 3.24. The van der Waals surface area contributed by atoms with Gasteiger partial charge in [-0.05, 0) is 39.2 Å². The Morgan fingerprint density at radius 1 is 1.35 bits per heavy atom. The molecule has 0 aromatic carbocycles. The summed E-state index contributed by atoms with van der Waals surface area (Å²) >= 11 is 0. The van der Waals surface area contributed by atoms with Gasteiger partial charge in [-0.2, -0.15) is 0 Å². The van der Waals surface area contributed by atoms with E-state index in [0.717, 1.165) is 12.8 Å². The number of ether oxygens (including phenoxy) is 2. The lowest BCUT2D eigenvalue weighted by Crippen LogP contribution is -2.46. The highest BCUT2D eigenvalue weighted by atomic mass is 16.5. The van der Waals surface area contributed by atoms with Gasteiger partial charge in [0.2, 0.25) is 5.91 Å². The fourth-order valence-corrected chi connectivity index (χ4v) is 3.46. The molecule has 1 saturated heterocycles. The molecule has 2 heterocycles. The lowest BCUT2D eigenvalue weighted by atomic mass is 9.99. The number of carbonyl (C=O) groups excluding carboxylic acids is 3. The summed E-state index contributed by atoms with van der Waals surface area (Å²) < 4.78 is 10.4.